The summed E-state index contributed by atoms with van der Waals surface area (Å²) in [4.78, 5) is 9.28. The Morgan fingerprint density at radius 2 is 1.60 bits per heavy atom. The van der Waals surface area contributed by atoms with E-state index in [4.69, 9.17) is 0 Å². The number of hydrogen-bond acceptors (Lipinski definition) is 3. The SMILES string of the molecule is CCCNc1cc(C)nc(-c2c(C)cc(C)cc2C)n1. The normalized spacial score (nSPS) is 10.7. The minimum Gasteiger partial charge on any atom is -0.370 e. The molecule has 0 atom stereocenters. The number of rotatable bonds is 4. The molecule has 0 amide bonds. The molecule has 1 N–H and O–H groups in total. The lowest BCUT2D eigenvalue weighted by Gasteiger charge is -2.12. The van der Waals surface area contributed by atoms with Crippen LogP contribution in [0.1, 0.15) is 35.7 Å². The zero-order chi connectivity index (χ0) is 14.7. The Balaban J connectivity index is 2.50. The van der Waals surface area contributed by atoms with Crippen molar-refractivity contribution in [2.45, 2.75) is 41.0 Å². The van der Waals surface area contributed by atoms with Gasteiger partial charge in [-0.1, -0.05) is 24.6 Å². The van der Waals surface area contributed by atoms with E-state index in [0.29, 0.717) is 0 Å². The molecular weight excluding hydrogens is 246 g/mol. The monoisotopic (exact) mass is 269 g/mol. The summed E-state index contributed by atoms with van der Waals surface area (Å²) in [6.07, 6.45) is 1.08. The minimum atomic E-state index is 0.818. The second-order valence-corrected chi connectivity index (χ2v) is 5.42. The van der Waals surface area contributed by atoms with Crippen LogP contribution in [0.25, 0.3) is 11.4 Å². The highest BCUT2D eigenvalue weighted by Crippen LogP contribution is 2.26. The van der Waals surface area contributed by atoms with Gasteiger partial charge in [-0.05, 0) is 45.2 Å². The zero-order valence-corrected chi connectivity index (χ0v) is 13.0. The lowest BCUT2D eigenvalue weighted by atomic mass is 9.99. The Morgan fingerprint density at radius 3 is 2.20 bits per heavy atom. The van der Waals surface area contributed by atoms with Gasteiger partial charge >= 0.3 is 0 Å². The molecule has 2 rings (SSSR count). The van der Waals surface area contributed by atoms with Crippen molar-refractivity contribution in [3.05, 3.63) is 40.6 Å². The molecule has 0 spiro atoms. The summed E-state index contributed by atoms with van der Waals surface area (Å²) in [5, 5.41) is 3.34. The Morgan fingerprint density at radius 1 is 0.950 bits per heavy atom. The highest BCUT2D eigenvalue weighted by atomic mass is 15.0. The topological polar surface area (TPSA) is 37.8 Å². The molecule has 0 aliphatic carbocycles. The van der Waals surface area contributed by atoms with Crippen LogP contribution in [0.5, 0.6) is 0 Å². The Kier molecular flexibility index (Phi) is 4.38. The molecule has 0 aliphatic rings. The molecule has 106 valence electrons. The zero-order valence-electron chi connectivity index (χ0n) is 13.0. The summed E-state index contributed by atoms with van der Waals surface area (Å²) in [6.45, 7) is 11.5. The standard InChI is InChI=1S/C17H23N3/c1-6-7-18-15-10-14(5)19-17(20-15)16-12(3)8-11(2)9-13(16)4/h8-10H,6-7H2,1-5H3,(H,18,19,20). The number of benzene rings is 1. The maximum Gasteiger partial charge on any atom is 0.162 e. The summed E-state index contributed by atoms with van der Waals surface area (Å²) in [5.41, 5.74) is 5.89. The second-order valence-electron chi connectivity index (χ2n) is 5.42. The van der Waals surface area contributed by atoms with Crippen molar-refractivity contribution in [1.82, 2.24) is 9.97 Å². The number of nitrogens with zero attached hydrogens (tertiary/aromatic N) is 2. The first-order valence-corrected chi connectivity index (χ1v) is 7.19. The fourth-order valence-corrected chi connectivity index (χ4v) is 2.56. The molecule has 1 aromatic heterocycles. The molecule has 0 saturated carbocycles. The Hall–Kier alpha value is -1.90. The van der Waals surface area contributed by atoms with E-state index in [-0.39, 0.29) is 0 Å². The quantitative estimate of drug-likeness (QED) is 0.904. The Bertz CT molecular complexity index is 595. The smallest absolute Gasteiger partial charge is 0.162 e. The maximum atomic E-state index is 4.67. The lowest BCUT2D eigenvalue weighted by Crippen LogP contribution is -2.05. The number of nitrogens with one attached hydrogen (secondary N) is 1. The molecule has 0 aliphatic heterocycles. The molecular formula is C17H23N3. The van der Waals surface area contributed by atoms with Crippen molar-refractivity contribution in [1.29, 1.82) is 0 Å². The van der Waals surface area contributed by atoms with Crippen LogP contribution >= 0.6 is 0 Å². The molecule has 3 nitrogen and oxygen atoms in total. The maximum absolute atomic E-state index is 4.67. The highest BCUT2D eigenvalue weighted by molar-refractivity contribution is 5.66. The van der Waals surface area contributed by atoms with Crippen LogP contribution in [0.4, 0.5) is 5.82 Å². The van der Waals surface area contributed by atoms with Crippen LogP contribution in [-0.4, -0.2) is 16.5 Å². The summed E-state index contributed by atoms with van der Waals surface area (Å²) >= 11 is 0. The largest absolute Gasteiger partial charge is 0.370 e. The molecule has 2 aromatic rings. The Labute approximate surface area is 121 Å². The predicted octanol–water partition coefficient (Wildman–Crippen LogP) is 4.20. The van der Waals surface area contributed by atoms with Crippen molar-refractivity contribution in [2.75, 3.05) is 11.9 Å². The van der Waals surface area contributed by atoms with Gasteiger partial charge in [-0.2, -0.15) is 0 Å². The first-order chi connectivity index (χ1) is 9.51. The van der Waals surface area contributed by atoms with E-state index in [1.165, 1.54) is 16.7 Å². The molecule has 0 bridgehead atoms. The second kappa shape index (κ2) is 6.04. The molecule has 0 fully saturated rings. The first-order valence-electron chi connectivity index (χ1n) is 7.19. The predicted molar refractivity (Wildman–Crippen MR) is 85.2 cm³/mol. The van der Waals surface area contributed by atoms with Gasteiger partial charge in [0.15, 0.2) is 5.82 Å². The lowest BCUT2D eigenvalue weighted by molar-refractivity contribution is 0.962. The van der Waals surface area contributed by atoms with E-state index in [9.17, 15) is 0 Å². The number of aryl methyl sites for hydroxylation is 4. The van der Waals surface area contributed by atoms with E-state index in [1.807, 2.05) is 13.0 Å². The minimum absolute atomic E-state index is 0.818. The summed E-state index contributed by atoms with van der Waals surface area (Å²) < 4.78 is 0. The van der Waals surface area contributed by atoms with E-state index < -0.39 is 0 Å². The van der Waals surface area contributed by atoms with Crippen LogP contribution in [0, 0.1) is 27.7 Å². The average molecular weight is 269 g/mol. The van der Waals surface area contributed by atoms with E-state index >= 15 is 0 Å². The fraction of sp³-hybridized carbons (Fsp3) is 0.412. The van der Waals surface area contributed by atoms with Crippen LogP contribution in [0.3, 0.4) is 0 Å². The number of aromatic nitrogens is 2. The van der Waals surface area contributed by atoms with E-state index in [2.05, 4.69) is 55.1 Å². The van der Waals surface area contributed by atoms with Gasteiger partial charge in [-0.15, -0.1) is 0 Å². The molecule has 1 heterocycles. The first kappa shape index (κ1) is 14.5. The van der Waals surface area contributed by atoms with Crippen LogP contribution in [0.15, 0.2) is 18.2 Å². The van der Waals surface area contributed by atoms with Gasteiger partial charge in [-0.25, -0.2) is 9.97 Å². The van der Waals surface area contributed by atoms with E-state index in [0.717, 1.165) is 35.9 Å². The third-order valence-electron chi connectivity index (χ3n) is 3.31. The molecule has 3 heteroatoms. The van der Waals surface area contributed by atoms with Gasteiger partial charge in [0.05, 0.1) is 0 Å². The van der Waals surface area contributed by atoms with Gasteiger partial charge in [0.1, 0.15) is 5.82 Å². The van der Waals surface area contributed by atoms with Gasteiger partial charge < -0.3 is 5.32 Å². The van der Waals surface area contributed by atoms with E-state index in [1.54, 1.807) is 0 Å². The van der Waals surface area contributed by atoms with Gasteiger partial charge in [-0.3, -0.25) is 0 Å². The van der Waals surface area contributed by atoms with Crippen LogP contribution in [-0.2, 0) is 0 Å². The van der Waals surface area contributed by atoms with Crippen molar-refractivity contribution in [2.24, 2.45) is 0 Å². The number of anilines is 1. The van der Waals surface area contributed by atoms with Crippen LogP contribution < -0.4 is 5.32 Å². The highest BCUT2D eigenvalue weighted by Gasteiger charge is 2.11. The molecule has 20 heavy (non-hydrogen) atoms. The molecule has 0 unspecified atom stereocenters. The summed E-state index contributed by atoms with van der Waals surface area (Å²) in [7, 11) is 0. The summed E-state index contributed by atoms with van der Waals surface area (Å²) in [5.74, 6) is 1.73. The van der Waals surface area contributed by atoms with Gasteiger partial charge in [0.2, 0.25) is 0 Å². The molecule has 0 radical (unpaired) electrons. The fourth-order valence-electron chi connectivity index (χ4n) is 2.56. The molecule has 1 aromatic carbocycles. The van der Waals surface area contributed by atoms with Gasteiger partial charge in [0.25, 0.3) is 0 Å². The molecule has 0 saturated heterocycles. The third-order valence-corrected chi connectivity index (χ3v) is 3.31. The third kappa shape index (κ3) is 3.16. The van der Waals surface area contributed by atoms with Crippen LogP contribution in [0.2, 0.25) is 0 Å². The number of hydrogen-bond donors (Lipinski definition) is 1. The van der Waals surface area contributed by atoms with Crippen molar-refractivity contribution in [3.63, 3.8) is 0 Å². The summed E-state index contributed by atoms with van der Waals surface area (Å²) in [6, 6.07) is 6.37. The van der Waals surface area contributed by atoms with Gasteiger partial charge in [0, 0.05) is 23.9 Å². The van der Waals surface area contributed by atoms with Crippen molar-refractivity contribution >= 4 is 5.82 Å². The average Bonchev–Trinajstić information content (AvgIpc) is 2.34. The van der Waals surface area contributed by atoms with Crippen molar-refractivity contribution < 1.29 is 0 Å². The van der Waals surface area contributed by atoms with Crippen molar-refractivity contribution in [3.8, 4) is 11.4 Å².